The third-order valence-electron chi connectivity index (χ3n) is 2.46. The molecule has 0 saturated heterocycles. The van der Waals surface area contributed by atoms with Gasteiger partial charge < -0.3 is 9.84 Å². The molecule has 16 heavy (non-hydrogen) atoms. The first-order valence-corrected chi connectivity index (χ1v) is 5.54. The summed E-state index contributed by atoms with van der Waals surface area (Å²) in [6.45, 7) is 2.94. The number of carbonyl (C=O) groups is 1. The van der Waals surface area contributed by atoms with E-state index in [9.17, 15) is 4.79 Å². The normalized spacial score (nSPS) is 12.3. The van der Waals surface area contributed by atoms with Crippen LogP contribution in [0.1, 0.15) is 25.3 Å². The molecule has 1 aromatic rings. The van der Waals surface area contributed by atoms with Gasteiger partial charge in [0.2, 0.25) is 0 Å². The first-order valence-electron chi connectivity index (χ1n) is 5.54. The fourth-order valence-electron chi connectivity index (χ4n) is 1.38. The fraction of sp³-hybridized carbons (Fsp3) is 0.462. The Morgan fingerprint density at radius 3 is 2.69 bits per heavy atom. The highest BCUT2D eigenvalue weighted by Gasteiger charge is 2.09. The van der Waals surface area contributed by atoms with Gasteiger partial charge in [0.1, 0.15) is 0 Å². The zero-order valence-electron chi connectivity index (χ0n) is 9.56. The van der Waals surface area contributed by atoms with Crippen molar-refractivity contribution in [2.24, 2.45) is 5.92 Å². The Labute approximate surface area is 96.1 Å². The molecule has 0 aliphatic rings. The summed E-state index contributed by atoms with van der Waals surface area (Å²) in [4.78, 5) is 10.5. The van der Waals surface area contributed by atoms with Gasteiger partial charge in [0.05, 0.1) is 12.5 Å². The van der Waals surface area contributed by atoms with Crippen molar-refractivity contribution in [2.45, 2.75) is 26.4 Å². The van der Waals surface area contributed by atoms with Gasteiger partial charge in [-0.15, -0.1) is 0 Å². The van der Waals surface area contributed by atoms with Gasteiger partial charge in [-0.2, -0.15) is 0 Å². The highest BCUT2D eigenvalue weighted by atomic mass is 16.5. The van der Waals surface area contributed by atoms with Crippen LogP contribution in [0.25, 0.3) is 0 Å². The first kappa shape index (κ1) is 12.7. The lowest BCUT2D eigenvalue weighted by molar-refractivity contribution is -0.141. The summed E-state index contributed by atoms with van der Waals surface area (Å²) in [5, 5.41) is 8.68. The van der Waals surface area contributed by atoms with Crippen LogP contribution in [0.2, 0.25) is 0 Å². The number of hydrogen-bond donors (Lipinski definition) is 1. The van der Waals surface area contributed by atoms with Crippen molar-refractivity contribution in [1.82, 2.24) is 0 Å². The molecule has 1 unspecified atom stereocenters. The van der Waals surface area contributed by atoms with Gasteiger partial charge in [0.25, 0.3) is 0 Å². The SMILES string of the molecule is CC(CCCOCc1ccccc1)C(=O)O. The van der Waals surface area contributed by atoms with E-state index in [2.05, 4.69) is 0 Å². The van der Waals surface area contributed by atoms with E-state index in [1.807, 2.05) is 30.3 Å². The Kier molecular flexibility index (Phi) is 5.57. The predicted octanol–water partition coefficient (Wildman–Crippen LogP) is 2.70. The van der Waals surface area contributed by atoms with E-state index in [1.54, 1.807) is 6.92 Å². The molecule has 0 aliphatic carbocycles. The van der Waals surface area contributed by atoms with Crippen LogP contribution in [-0.4, -0.2) is 17.7 Å². The molecular weight excluding hydrogens is 204 g/mol. The van der Waals surface area contributed by atoms with Crippen LogP contribution in [-0.2, 0) is 16.1 Å². The average molecular weight is 222 g/mol. The zero-order valence-corrected chi connectivity index (χ0v) is 9.56. The summed E-state index contributed by atoms with van der Waals surface area (Å²) in [5.41, 5.74) is 1.15. The highest BCUT2D eigenvalue weighted by molar-refractivity contribution is 5.69. The molecular formula is C13H18O3. The van der Waals surface area contributed by atoms with E-state index in [0.717, 1.165) is 12.0 Å². The van der Waals surface area contributed by atoms with Crippen molar-refractivity contribution in [3.8, 4) is 0 Å². The third kappa shape index (κ3) is 4.94. The van der Waals surface area contributed by atoms with E-state index in [1.165, 1.54) is 0 Å². The molecule has 3 nitrogen and oxygen atoms in total. The van der Waals surface area contributed by atoms with Crippen LogP contribution < -0.4 is 0 Å². The second-order valence-corrected chi connectivity index (χ2v) is 3.92. The van der Waals surface area contributed by atoms with Crippen LogP contribution in [0.15, 0.2) is 30.3 Å². The van der Waals surface area contributed by atoms with Gasteiger partial charge in [-0.05, 0) is 18.4 Å². The van der Waals surface area contributed by atoms with Gasteiger partial charge in [0.15, 0.2) is 0 Å². The van der Waals surface area contributed by atoms with Crippen molar-refractivity contribution in [3.63, 3.8) is 0 Å². The van der Waals surface area contributed by atoms with Gasteiger partial charge in [-0.1, -0.05) is 37.3 Å². The summed E-state index contributed by atoms with van der Waals surface area (Å²) in [5.74, 6) is -1.01. The minimum Gasteiger partial charge on any atom is -0.481 e. The molecule has 0 bridgehead atoms. The minimum absolute atomic E-state index is 0.277. The molecule has 0 fully saturated rings. The number of carboxylic acid groups (broad SMARTS) is 1. The number of rotatable bonds is 7. The molecule has 3 heteroatoms. The van der Waals surface area contributed by atoms with Crippen molar-refractivity contribution in [3.05, 3.63) is 35.9 Å². The van der Waals surface area contributed by atoms with Crippen LogP contribution >= 0.6 is 0 Å². The highest BCUT2D eigenvalue weighted by Crippen LogP contribution is 2.06. The summed E-state index contributed by atoms with van der Waals surface area (Å²) in [6.07, 6.45) is 1.46. The van der Waals surface area contributed by atoms with Gasteiger partial charge in [0, 0.05) is 6.61 Å². The molecule has 0 aromatic heterocycles. The van der Waals surface area contributed by atoms with Crippen molar-refractivity contribution < 1.29 is 14.6 Å². The molecule has 0 amide bonds. The molecule has 88 valence electrons. The average Bonchev–Trinajstić information content (AvgIpc) is 2.29. The van der Waals surface area contributed by atoms with Gasteiger partial charge in [-0.3, -0.25) is 4.79 Å². The Morgan fingerprint density at radius 1 is 1.38 bits per heavy atom. The molecule has 0 radical (unpaired) electrons. The molecule has 0 spiro atoms. The standard InChI is InChI=1S/C13H18O3/c1-11(13(14)15)6-5-9-16-10-12-7-3-2-4-8-12/h2-4,7-8,11H,5-6,9-10H2,1H3,(H,14,15). The Morgan fingerprint density at radius 2 is 2.06 bits per heavy atom. The Hall–Kier alpha value is -1.35. The van der Waals surface area contributed by atoms with Crippen molar-refractivity contribution >= 4 is 5.97 Å². The number of ether oxygens (including phenoxy) is 1. The lowest BCUT2D eigenvalue weighted by Gasteiger charge is -2.06. The molecule has 1 rings (SSSR count). The van der Waals surface area contributed by atoms with E-state index < -0.39 is 5.97 Å². The molecule has 1 atom stereocenters. The van der Waals surface area contributed by atoms with Crippen molar-refractivity contribution in [2.75, 3.05) is 6.61 Å². The Balaban J connectivity index is 2.07. The molecule has 0 saturated carbocycles. The maximum Gasteiger partial charge on any atom is 0.306 e. The monoisotopic (exact) mass is 222 g/mol. The van der Waals surface area contributed by atoms with Crippen LogP contribution in [0.5, 0.6) is 0 Å². The zero-order chi connectivity index (χ0) is 11.8. The summed E-state index contributed by atoms with van der Waals surface area (Å²) < 4.78 is 5.46. The van der Waals surface area contributed by atoms with E-state index in [0.29, 0.717) is 19.6 Å². The summed E-state index contributed by atoms with van der Waals surface area (Å²) in [6, 6.07) is 9.95. The maximum atomic E-state index is 10.5. The predicted molar refractivity (Wildman–Crippen MR) is 62.1 cm³/mol. The molecule has 0 aliphatic heterocycles. The van der Waals surface area contributed by atoms with Crippen LogP contribution in [0.4, 0.5) is 0 Å². The molecule has 0 heterocycles. The van der Waals surface area contributed by atoms with E-state index in [4.69, 9.17) is 9.84 Å². The van der Waals surface area contributed by atoms with Crippen molar-refractivity contribution in [1.29, 1.82) is 0 Å². The number of aliphatic carboxylic acids is 1. The maximum absolute atomic E-state index is 10.5. The quantitative estimate of drug-likeness (QED) is 0.721. The van der Waals surface area contributed by atoms with Crippen LogP contribution in [0, 0.1) is 5.92 Å². The van der Waals surface area contributed by atoms with E-state index in [-0.39, 0.29) is 5.92 Å². The minimum atomic E-state index is -0.733. The lowest BCUT2D eigenvalue weighted by Crippen LogP contribution is -2.10. The second-order valence-electron chi connectivity index (χ2n) is 3.92. The fourth-order valence-corrected chi connectivity index (χ4v) is 1.38. The smallest absolute Gasteiger partial charge is 0.306 e. The lowest BCUT2D eigenvalue weighted by atomic mass is 10.1. The van der Waals surface area contributed by atoms with Gasteiger partial charge in [-0.25, -0.2) is 0 Å². The second kappa shape index (κ2) is 7.01. The Bertz CT molecular complexity index is 308. The molecule has 1 N–H and O–H groups in total. The topological polar surface area (TPSA) is 46.5 Å². The molecule has 1 aromatic carbocycles. The number of carboxylic acids is 1. The van der Waals surface area contributed by atoms with E-state index >= 15 is 0 Å². The third-order valence-corrected chi connectivity index (χ3v) is 2.46. The van der Waals surface area contributed by atoms with Gasteiger partial charge >= 0.3 is 5.97 Å². The number of hydrogen-bond acceptors (Lipinski definition) is 2. The largest absolute Gasteiger partial charge is 0.481 e. The first-order chi connectivity index (χ1) is 7.70. The summed E-state index contributed by atoms with van der Waals surface area (Å²) in [7, 11) is 0. The number of benzene rings is 1. The van der Waals surface area contributed by atoms with Crippen LogP contribution in [0.3, 0.4) is 0 Å². The summed E-state index contributed by atoms with van der Waals surface area (Å²) >= 11 is 0.